The molecule has 0 fully saturated rings. The van der Waals surface area contributed by atoms with E-state index < -0.39 is 6.09 Å². The molecule has 2 aromatic carbocycles. The standard InChI is InChI=1S/C19H17N5O2/c20-19(25)26-16-7-3-5-14-17(16)23-11-24-18(14)21-9-8-12-10-22-15-6-2-1-4-13(12)15/h1-7,10-11,22H,8-9H2,(H2,20,25)(H,21,23,24). The van der Waals surface area contributed by atoms with Crippen LogP contribution in [-0.2, 0) is 6.42 Å². The van der Waals surface area contributed by atoms with E-state index >= 15 is 0 Å². The third kappa shape index (κ3) is 3.02. The third-order valence-electron chi connectivity index (χ3n) is 4.20. The van der Waals surface area contributed by atoms with Crippen LogP contribution in [0.1, 0.15) is 5.56 Å². The van der Waals surface area contributed by atoms with E-state index in [4.69, 9.17) is 10.5 Å². The third-order valence-corrected chi connectivity index (χ3v) is 4.20. The Balaban J connectivity index is 1.55. The van der Waals surface area contributed by atoms with E-state index in [1.807, 2.05) is 24.4 Å². The molecule has 0 saturated heterocycles. The lowest BCUT2D eigenvalue weighted by Gasteiger charge is -2.10. The number of carbonyl (C=O) groups is 1. The summed E-state index contributed by atoms with van der Waals surface area (Å²) in [7, 11) is 0. The predicted molar refractivity (Wildman–Crippen MR) is 100 cm³/mol. The van der Waals surface area contributed by atoms with E-state index in [0.717, 1.165) is 17.3 Å². The fourth-order valence-electron chi connectivity index (χ4n) is 3.05. The van der Waals surface area contributed by atoms with Crippen LogP contribution in [0.4, 0.5) is 10.6 Å². The van der Waals surface area contributed by atoms with Crippen molar-refractivity contribution in [2.24, 2.45) is 5.73 Å². The molecule has 2 aromatic heterocycles. The molecule has 4 rings (SSSR count). The van der Waals surface area contributed by atoms with Crippen LogP contribution in [0.25, 0.3) is 21.8 Å². The Morgan fingerprint density at radius 2 is 1.96 bits per heavy atom. The minimum Gasteiger partial charge on any atom is -0.408 e. The summed E-state index contributed by atoms with van der Waals surface area (Å²) >= 11 is 0. The molecule has 7 heteroatoms. The van der Waals surface area contributed by atoms with Crippen molar-refractivity contribution in [3.63, 3.8) is 0 Å². The number of hydrogen-bond donors (Lipinski definition) is 3. The number of carbonyl (C=O) groups excluding carboxylic acids is 1. The Morgan fingerprint density at radius 3 is 2.85 bits per heavy atom. The molecule has 1 amide bonds. The molecule has 0 aliphatic heterocycles. The quantitative estimate of drug-likeness (QED) is 0.514. The van der Waals surface area contributed by atoms with Gasteiger partial charge in [0.1, 0.15) is 17.7 Å². The van der Waals surface area contributed by atoms with Gasteiger partial charge in [0.2, 0.25) is 0 Å². The van der Waals surface area contributed by atoms with E-state index in [-0.39, 0.29) is 0 Å². The van der Waals surface area contributed by atoms with Gasteiger partial charge in [-0.25, -0.2) is 14.8 Å². The minimum atomic E-state index is -0.870. The van der Waals surface area contributed by atoms with Crippen molar-refractivity contribution in [1.82, 2.24) is 15.0 Å². The van der Waals surface area contributed by atoms with Gasteiger partial charge in [-0.3, -0.25) is 0 Å². The van der Waals surface area contributed by atoms with Crippen LogP contribution >= 0.6 is 0 Å². The Hall–Kier alpha value is -3.61. The van der Waals surface area contributed by atoms with E-state index in [1.54, 1.807) is 12.1 Å². The molecule has 0 saturated carbocycles. The number of amides is 1. The zero-order chi connectivity index (χ0) is 17.9. The molecule has 7 nitrogen and oxygen atoms in total. The Bertz CT molecular complexity index is 1090. The largest absolute Gasteiger partial charge is 0.410 e. The molecular weight excluding hydrogens is 330 g/mol. The van der Waals surface area contributed by atoms with Gasteiger partial charge < -0.3 is 20.8 Å². The lowest BCUT2D eigenvalue weighted by Crippen LogP contribution is -2.16. The van der Waals surface area contributed by atoms with Crippen molar-refractivity contribution in [1.29, 1.82) is 0 Å². The van der Waals surface area contributed by atoms with Gasteiger partial charge in [0.25, 0.3) is 0 Å². The molecular formula is C19H17N5O2. The molecule has 4 N–H and O–H groups in total. The van der Waals surface area contributed by atoms with E-state index in [1.165, 1.54) is 17.3 Å². The van der Waals surface area contributed by atoms with Crippen LogP contribution in [0.2, 0.25) is 0 Å². The van der Waals surface area contributed by atoms with Crippen LogP contribution in [0, 0.1) is 0 Å². The summed E-state index contributed by atoms with van der Waals surface area (Å²) in [4.78, 5) is 22.8. The number of ether oxygens (including phenoxy) is 1. The van der Waals surface area contributed by atoms with E-state index in [2.05, 4.69) is 32.4 Å². The zero-order valence-electron chi connectivity index (χ0n) is 13.9. The van der Waals surface area contributed by atoms with Gasteiger partial charge in [-0.1, -0.05) is 24.3 Å². The van der Waals surface area contributed by atoms with Crippen LogP contribution in [0.3, 0.4) is 0 Å². The Morgan fingerprint density at radius 1 is 1.12 bits per heavy atom. The maximum absolute atomic E-state index is 11.0. The molecule has 130 valence electrons. The number of para-hydroxylation sites is 2. The van der Waals surface area contributed by atoms with E-state index in [0.29, 0.717) is 23.6 Å². The summed E-state index contributed by atoms with van der Waals surface area (Å²) in [5, 5.41) is 5.32. The Kier molecular flexibility index (Phi) is 4.10. The van der Waals surface area contributed by atoms with Crippen LogP contribution < -0.4 is 15.8 Å². The van der Waals surface area contributed by atoms with E-state index in [9.17, 15) is 4.79 Å². The number of anilines is 1. The second-order valence-corrected chi connectivity index (χ2v) is 5.83. The average molecular weight is 347 g/mol. The number of benzene rings is 2. The molecule has 0 unspecified atom stereocenters. The molecule has 0 aliphatic rings. The van der Waals surface area contributed by atoms with Crippen molar-refractivity contribution in [2.45, 2.75) is 6.42 Å². The number of aromatic nitrogens is 3. The number of hydrogen-bond acceptors (Lipinski definition) is 5. The summed E-state index contributed by atoms with van der Waals surface area (Å²) in [6, 6.07) is 13.5. The van der Waals surface area contributed by atoms with Gasteiger partial charge in [0, 0.05) is 29.0 Å². The molecule has 0 bridgehead atoms. The molecule has 0 aliphatic carbocycles. The summed E-state index contributed by atoms with van der Waals surface area (Å²) in [6.45, 7) is 0.703. The maximum atomic E-state index is 11.0. The second-order valence-electron chi connectivity index (χ2n) is 5.83. The van der Waals surface area contributed by atoms with Gasteiger partial charge in [-0.2, -0.15) is 0 Å². The van der Waals surface area contributed by atoms with Crippen molar-refractivity contribution in [2.75, 3.05) is 11.9 Å². The second kappa shape index (κ2) is 6.72. The number of aromatic amines is 1. The van der Waals surface area contributed by atoms with Gasteiger partial charge >= 0.3 is 6.09 Å². The Labute approximate surface area is 149 Å². The van der Waals surface area contributed by atoms with Gasteiger partial charge in [0.15, 0.2) is 5.75 Å². The van der Waals surface area contributed by atoms with Crippen molar-refractivity contribution >= 4 is 33.7 Å². The van der Waals surface area contributed by atoms with Crippen LogP contribution in [-0.4, -0.2) is 27.6 Å². The highest BCUT2D eigenvalue weighted by atomic mass is 16.5. The highest BCUT2D eigenvalue weighted by Crippen LogP contribution is 2.27. The number of nitrogens with zero attached hydrogens (tertiary/aromatic N) is 2. The summed E-state index contributed by atoms with van der Waals surface area (Å²) in [5.74, 6) is 1.00. The van der Waals surface area contributed by atoms with Crippen LogP contribution in [0.15, 0.2) is 55.0 Å². The topological polar surface area (TPSA) is 106 Å². The maximum Gasteiger partial charge on any atom is 0.410 e. The first kappa shape index (κ1) is 15.9. The first-order valence-electron chi connectivity index (χ1n) is 8.22. The molecule has 0 atom stereocenters. The summed E-state index contributed by atoms with van der Waals surface area (Å²) in [6.07, 6.45) is 3.44. The summed E-state index contributed by atoms with van der Waals surface area (Å²) < 4.78 is 5.01. The van der Waals surface area contributed by atoms with Crippen molar-refractivity contribution in [3.8, 4) is 5.75 Å². The number of primary amides is 1. The molecule has 0 radical (unpaired) electrons. The molecule has 0 spiro atoms. The molecule has 26 heavy (non-hydrogen) atoms. The fraction of sp³-hybridized carbons (Fsp3) is 0.105. The zero-order valence-corrected chi connectivity index (χ0v) is 13.9. The fourth-order valence-corrected chi connectivity index (χ4v) is 3.05. The normalized spacial score (nSPS) is 10.9. The van der Waals surface area contributed by atoms with Crippen molar-refractivity contribution < 1.29 is 9.53 Å². The van der Waals surface area contributed by atoms with Gasteiger partial charge in [-0.05, 0) is 30.2 Å². The van der Waals surface area contributed by atoms with Gasteiger partial charge in [0.05, 0.1) is 0 Å². The molecule has 4 aromatic rings. The summed E-state index contributed by atoms with van der Waals surface area (Å²) in [5.41, 5.74) is 8.02. The minimum absolute atomic E-state index is 0.317. The van der Waals surface area contributed by atoms with Crippen molar-refractivity contribution in [3.05, 3.63) is 60.6 Å². The number of nitrogens with one attached hydrogen (secondary N) is 2. The smallest absolute Gasteiger partial charge is 0.408 e. The lowest BCUT2D eigenvalue weighted by molar-refractivity contribution is 0.211. The monoisotopic (exact) mass is 347 g/mol. The lowest BCUT2D eigenvalue weighted by atomic mass is 10.1. The number of H-pyrrole nitrogens is 1. The predicted octanol–water partition coefficient (Wildman–Crippen LogP) is 3.22. The highest BCUT2D eigenvalue weighted by molar-refractivity contribution is 5.94. The number of rotatable bonds is 5. The van der Waals surface area contributed by atoms with Gasteiger partial charge in [-0.15, -0.1) is 0 Å². The molecule has 2 heterocycles. The van der Waals surface area contributed by atoms with Crippen LogP contribution in [0.5, 0.6) is 5.75 Å². The highest BCUT2D eigenvalue weighted by Gasteiger charge is 2.10. The first-order valence-corrected chi connectivity index (χ1v) is 8.22. The number of nitrogens with two attached hydrogens (primary N) is 1. The number of fused-ring (bicyclic) bond motifs is 2. The SMILES string of the molecule is NC(=O)Oc1cccc2c(NCCc3c[nH]c4ccccc34)ncnc12. The average Bonchev–Trinajstić information content (AvgIpc) is 3.05. The first-order chi connectivity index (χ1) is 12.7.